The zero-order chi connectivity index (χ0) is 12.5. The van der Waals surface area contributed by atoms with Crippen molar-refractivity contribution in [3.05, 3.63) is 47.2 Å². The number of hydrogen-bond donors (Lipinski definition) is 0. The lowest BCUT2D eigenvalue weighted by Crippen LogP contribution is -3.00. The zero-order valence-corrected chi connectivity index (χ0v) is 12.9. The van der Waals surface area contributed by atoms with Crippen molar-refractivity contribution in [3.8, 4) is 10.8 Å². The van der Waals surface area contributed by atoms with Gasteiger partial charge < -0.3 is 17.0 Å². The number of tetrazole rings is 1. The molecule has 0 aliphatic rings. The number of nitrogens with zero attached hydrogens (tertiary/aromatic N) is 5. The third-order valence-corrected chi connectivity index (χ3v) is 3.70. The van der Waals surface area contributed by atoms with Gasteiger partial charge in [0.1, 0.15) is 5.69 Å². The maximum atomic E-state index is 4.43. The predicted octanol–water partition coefficient (Wildman–Crippen LogP) is -1.38. The van der Waals surface area contributed by atoms with Gasteiger partial charge in [0, 0.05) is 9.67 Å². The van der Waals surface area contributed by atoms with Crippen LogP contribution in [0.25, 0.3) is 10.8 Å². The van der Waals surface area contributed by atoms with Gasteiger partial charge in [0.25, 0.3) is 6.33 Å². The van der Waals surface area contributed by atoms with Crippen molar-refractivity contribution in [1.29, 1.82) is 0 Å². The molecule has 0 saturated carbocycles. The van der Waals surface area contributed by atoms with Crippen molar-refractivity contribution in [2.45, 2.75) is 13.8 Å². The lowest BCUT2D eigenvalue weighted by molar-refractivity contribution is -0.661. The summed E-state index contributed by atoms with van der Waals surface area (Å²) < 4.78 is 1.73. The van der Waals surface area contributed by atoms with Gasteiger partial charge in [-0.1, -0.05) is 29.5 Å². The van der Waals surface area contributed by atoms with Crippen LogP contribution in [0.1, 0.15) is 10.6 Å². The van der Waals surface area contributed by atoms with Crippen LogP contribution in [0.3, 0.4) is 0 Å². The van der Waals surface area contributed by atoms with Crippen LogP contribution >= 0.6 is 11.3 Å². The molecule has 0 atom stereocenters. The molecule has 0 amide bonds. The summed E-state index contributed by atoms with van der Waals surface area (Å²) in [6, 6.07) is 9.88. The number of aromatic nitrogens is 5. The van der Waals surface area contributed by atoms with E-state index in [-0.39, 0.29) is 17.0 Å². The van der Waals surface area contributed by atoms with Crippen LogP contribution in [0.4, 0.5) is 0 Å². The highest BCUT2D eigenvalue weighted by Gasteiger charge is 2.16. The zero-order valence-electron chi connectivity index (χ0n) is 10.5. The molecular formula is C12H12BrN5S. The Hall–Kier alpha value is -1.60. The molecule has 0 spiro atoms. The van der Waals surface area contributed by atoms with Crippen LogP contribution in [0.5, 0.6) is 0 Å². The molecule has 5 nitrogen and oxygen atoms in total. The first kappa shape index (κ1) is 13.8. The topological polar surface area (TPSA) is 47.5 Å². The van der Waals surface area contributed by atoms with Crippen molar-refractivity contribution in [3.63, 3.8) is 0 Å². The summed E-state index contributed by atoms with van der Waals surface area (Å²) in [6.45, 7) is 4.04. The first-order valence-corrected chi connectivity index (χ1v) is 6.40. The average molecular weight is 338 g/mol. The molecule has 19 heavy (non-hydrogen) atoms. The highest BCUT2D eigenvalue weighted by molar-refractivity contribution is 7.14. The molecule has 0 aliphatic carbocycles. The lowest BCUT2D eigenvalue weighted by atomic mass is 10.3. The number of para-hydroxylation sites is 1. The van der Waals surface area contributed by atoms with Gasteiger partial charge in [-0.15, -0.1) is 4.68 Å². The molecule has 2 aromatic heterocycles. The monoisotopic (exact) mass is 337 g/mol. The Balaban J connectivity index is 0.00000133. The summed E-state index contributed by atoms with van der Waals surface area (Å²) in [7, 11) is 0. The minimum atomic E-state index is 0. The van der Waals surface area contributed by atoms with Crippen LogP contribution in [0.15, 0.2) is 36.7 Å². The van der Waals surface area contributed by atoms with Crippen LogP contribution in [0, 0.1) is 13.8 Å². The van der Waals surface area contributed by atoms with Gasteiger partial charge in [0.2, 0.25) is 0 Å². The Bertz CT molecular complexity index is 657. The van der Waals surface area contributed by atoms with Crippen LogP contribution in [-0.2, 0) is 0 Å². The summed E-state index contributed by atoms with van der Waals surface area (Å²) in [4.78, 5) is 7.17. The van der Waals surface area contributed by atoms with Gasteiger partial charge >= 0.3 is 5.13 Å². The van der Waals surface area contributed by atoms with E-state index in [2.05, 4.69) is 15.3 Å². The predicted molar refractivity (Wildman–Crippen MR) is 68.0 cm³/mol. The summed E-state index contributed by atoms with van der Waals surface area (Å²) in [5.41, 5.74) is 2.01. The summed E-state index contributed by atoms with van der Waals surface area (Å²) >= 11 is 1.59. The van der Waals surface area contributed by atoms with E-state index in [0.717, 1.165) is 16.5 Å². The van der Waals surface area contributed by atoms with Gasteiger partial charge in [-0.3, -0.25) is 0 Å². The molecule has 2 heterocycles. The van der Waals surface area contributed by atoms with Crippen molar-refractivity contribution >= 4 is 11.3 Å². The Labute approximate surface area is 125 Å². The highest BCUT2D eigenvalue weighted by Crippen LogP contribution is 2.18. The van der Waals surface area contributed by atoms with E-state index in [4.69, 9.17) is 0 Å². The molecule has 0 unspecified atom stereocenters. The van der Waals surface area contributed by atoms with E-state index >= 15 is 0 Å². The number of halogens is 1. The third-order valence-electron chi connectivity index (χ3n) is 2.66. The number of aryl methyl sites for hydroxylation is 2. The third kappa shape index (κ3) is 2.71. The Morgan fingerprint density at radius 3 is 2.53 bits per heavy atom. The van der Waals surface area contributed by atoms with Crippen molar-refractivity contribution in [2.75, 3.05) is 0 Å². The summed E-state index contributed by atoms with van der Waals surface area (Å²) in [5, 5.41) is 9.40. The minimum Gasteiger partial charge on any atom is -1.00 e. The summed E-state index contributed by atoms with van der Waals surface area (Å²) in [6.07, 6.45) is 1.68. The van der Waals surface area contributed by atoms with Crippen LogP contribution in [0.2, 0.25) is 0 Å². The second-order valence-electron chi connectivity index (χ2n) is 3.93. The molecule has 0 radical (unpaired) electrons. The van der Waals surface area contributed by atoms with Gasteiger partial charge in [-0.2, -0.15) is 0 Å². The van der Waals surface area contributed by atoms with Crippen LogP contribution in [-0.4, -0.2) is 20.1 Å². The largest absolute Gasteiger partial charge is 1.00 e. The normalized spacial score (nSPS) is 10.2. The number of benzene rings is 1. The fourth-order valence-electron chi connectivity index (χ4n) is 1.56. The van der Waals surface area contributed by atoms with Gasteiger partial charge in [-0.25, -0.2) is 4.98 Å². The van der Waals surface area contributed by atoms with E-state index < -0.39 is 0 Å². The van der Waals surface area contributed by atoms with E-state index in [1.165, 1.54) is 4.88 Å². The smallest absolute Gasteiger partial charge is 0.313 e. The van der Waals surface area contributed by atoms with E-state index in [1.54, 1.807) is 27.1 Å². The number of thiazole rings is 1. The molecule has 0 saturated heterocycles. The number of rotatable bonds is 2. The Kier molecular flexibility index (Phi) is 4.06. The van der Waals surface area contributed by atoms with E-state index in [0.29, 0.717) is 0 Å². The maximum Gasteiger partial charge on any atom is 0.313 e. The molecule has 0 N–H and O–H groups in total. The first-order valence-electron chi connectivity index (χ1n) is 5.58. The number of hydrogen-bond acceptors (Lipinski definition) is 4. The van der Waals surface area contributed by atoms with E-state index in [1.807, 2.05) is 44.2 Å². The fraction of sp³-hybridized carbons (Fsp3) is 0.167. The first-order chi connectivity index (χ1) is 8.74. The molecule has 0 fully saturated rings. The molecule has 0 aliphatic heterocycles. The standard InChI is InChI=1S/C12H12N5S.BrH/c1-9-10(2)18-12(14-9)17-13-8-16(15-17)11-6-4-3-5-7-11;/h3-8H,1-2H3;1H/q+1;/p-1. The Morgan fingerprint density at radius 2 is 1.89 bits per heavy atom. The van der Waals surface area contributed by atoms with Crippen LogP contribution < -0.4 is 21.7 Å². The molecular weight excluding hydrogens is 326 g/mol. The Morgan fingerprint density at radius 1 is 1.16 bits per heavy atom. The second-order valence-corrected chi connectivity index (χ2v) is 5.11. The maximum absolute atomic E-state index is 4.43. The minimum absolute atomic E-state index is 0. The van der Waals surface area contributed by atoms with E-state index in [9.17, 15) is 0 Å². The lowest BCUT2D eigenvalue weighted by Gasteiger charge is -1.90. The van der Waals surface area contributed by atoms with Crippen molar-refractivity contribution < 1.29 is 21.7 Å². The fourth-order valence-corrected chi connectivity index (χ4v) is 2.38. The molecule has 7 heteroatoms. The summed E-state index contributed by atoms with van der Waals surface area (Å²) in [5.74, 6) is 0. The quantitative estimate of drug-likeness (QED) is 0.542. The SMILES string of the molecule is Cc1nc(-n2nc[n+](-c3ccccc3)n2)sc1C.[Br-]. The molecule has 98 valence electrons. The van der Waals surface area contributed by atoms with Crippen molar-refractivity contribution in [1.82, 2.24) is 20.1 Å². The van der Waals surface area contributed by atoms with Gasteiger partial charge in [-0.05, 0) is 26.0 Å². The van der Waals surface area contributed by atoms with Gasteiger partial charge in [0.05, 0.1) is 16.0 Å². The molecule has 1 aromatic carbocycles. The molecule has 3 aromatic rings. The van der Waals surface area contributed by atoms with Crippen molar-refractivity contribution in [2.24, 2.45) is 0 Å². The van der Waals surface area contributed by atoms with Gasteiger partial charge in [0.15, 0.2) is 0 Å². The second kappa shape index (κ2) is 5.58. The molecule has 3 rings (SSSR count). The highest BCUT2D eigenvalue weighted by atomic mass is 79.9. The molecule has 0 bridgehead atoms. The average Bonchev–Trinajstić information content (AvgIpc) is 2.99.